The van der Waals surface area contributed by atoms with Gasteiger partial charge in [0.05, 0.1) is 6.04 Å². The summed E-state index contributed by atoms with van der Waals surface area (Å²) in [4.78, 5) is 25.2. The van der Waals surface area contributed by atoms with Crippen molar-refractivity contribution in [2.24, 2.45) is 5.92 Å². The molecule has 0 radical (unpaired) electrons. The van der Waals surface area contributed by atoms with Crippen LogP contribution in [-0.2, 0) is 4.79 Å². The van der Waals surface area contributed by atoms with Gasteiger partial charge in [0, 0.05) is 10.6 Å². The van der Waals surface area contributed by atoms with Crippen LogP contribution in [-0.4, -0.2) is 24.5 Å². The van der Waals surface area contributed by atoms with Crippen molar-refractivity contribution in [3.8, 4) is 5.75 Å². The first-order chi connectivity index (χ1) is 13.7. The predicted octanol–water partition coefficient (Wildman–Crippen LogP) is 4.57. The fourth-order valence-electron chi connectivity index (χ4n) is 2.71. The van der Waals surface area contributed by atoms with Crippen LogP contribution in [0.4, 0.5) is 8.78 Å². The van der Waals surface area contributed by atoms with Crippen LogP contribution < -0.4 is 15.4 Å². The van der Waals surface area contributed by atoms with Crippen LogP contribution in [0.25, 0.3) is 0 Å². The van der Waals surface area contributed by atoms with Crippen molar-refractivity contribution in [3.05, 3.63) is 64.7 Å². The van der Waals surface area contributed by atoms with Gasteiger partial charge in [-0.3, -0.25) is 9.59 Å². The summed E-state index contributed by atoms with van der Waals surface area (Å²) in [7, 11) is 0. The summed E-state index contributed by atoms with van der Waals surface area (Å²) in [5.74, 6) is -0.938. The smallest absolute Gasteiger partial charge is 0.387 e. The third-order valence-corrected chi connectivity index (χ3v) is 4.54. The number of benzene rings is 2. The molecule has 5 nitrogen and oxygen atoms in total. The molecular formula is C21H23ClF2N2O3. The quantitative estimate of drug-likeness (QED) is 0.652. The van der Waals surface area contributed by atoms with E-state index in [9.17, 15) is 18.4 Å². The Hall–Kier alpha value is -2.67. The van der Waals surface area contributed by atoms with Crippen LogP contribution in [0.15, 0.2) is 48.5 Å². The molecule has 8 heteroatoms. The maximum atomic E-state index is 12.8. The molecule has 0 aliphatic heterocycles. The summed E-state index contributed by atoms with van der Waals surface area (Å²) in [6.07, 6.45) is 0. The second-order valence-corrected chi connectivity index (χ2v) is 7.32. The number of carbonyl (C=O) groups is 2. The summed E-state index contributed by atoms with van der Waals surface area (Å²) in [6, 6.07) is 11.2. The molecule has 2 aromatic carbocycles. The van der Waals surface area contributed by atoms with Gasteiger partial charge in [0.2, 0.25) is 5.91 Å². The van der Waals surface area contributed by atoms with Crippen molar-refractivity contribution in [2.75, 3.05) is 0 Å². The zero-order valence-electron chi connectivity index (χ0n) is 16.3. The Labute approximate surface area is 173 Å². The first-order valence-corrected chi connectivity index (χ1v) is 9.46. The maximum Gasteiger partial charge on any atom is 0.387 e. The summed E-state index contributed by atoms with van der Waals surface area (Å²) in [6.45, 7) is 2.42. The monoisotopic (exact) mass is 424 g/mol. The van der Waals surface area contributed by atoms with E-state index in [0.29, 0.717) is 16.1 Å². The Balaban J connectivity index is 2.07. The molecule has 2 unspecified atom stereocenters. The zero-order chi connectivity index (χ0) is 21.6. The van der Waals surface area contributed by atoms with Gasteiger partial charge in [-0.1, -0.05) is 37.6 Å². The van der Waals surface area contributed by atoms with E-state index in [1.807, 2.05) is 13.8 Å². The lowest BCUT2D eigenvalue weighted by molar-refractivity contribution is -0.124. The molecule has 0 spiro atoms. The molecule has 0 saturated carbocycles. The lowest BCUT2D eigenvalue weighted by Gasteiger charge is -2.24. The third kappa shape index (κ3) is 6.71. The average molecular weight is 425 g/mol. The number of hydrogen-bond donors (Lipinski definition) is 2. The Morgan fingerprint density at radius 3 is 2.24 bits per heavy atom. The predicted molar refractivity (Wildman–Crippen MR) is 107 cm³/mol. The van der Waals surface area contributed by atoms with E-state index in [2.05, 4.69) is 15.4 Å². The van der Waals surface area contributed by atoms with Gasteiger partial charge in [0.25, 0.3) is 5.91 Å². The number of rotatable bonds is 8. The Morgan fingerprint density at radius 2 is 1.66 bits per heavy atom. The summed E-state index contributed by atoms with van der Waals surface area (Å²) in [5, 5.41) is 6.04. The van der Waals surface area contributed by atoms with Gasteiger partial charge in [-0.2, -0.15) is 8.78 Å². The van der Waals surface area contributed by atoms with Crippen molar-refractivity contribution in [1.82, 2.24) is 10.6 Å². The van der Waals surface area contributed by atoms with Crippen molar-refractivity contribution >= 4 is 23.4 Å². The topological polar surface area (TPSA) is 67.4 Å². The summed E-state index contributed by atoms with van der Waals surface area (Å²) >= 11 is 5.83. The van der Waals surface area contributed by atoms with Crippen LogP contribution in [0.1, 0.15) is 42.7 Å². The van der Waals surface area contributed by atoms with E-state index in [-0.39, 0.29) is 17.6 Å². The molecule has 0 heterocycles. The van der Waals surface area contributed by atoms with Gasteiger partial charge in [0.15, 0.2) is 0 Å². The molecule has 156 valence electrons. The van der Waals surface area contributed by atoms with Gasteiger partial charge in [-0.05, 0) is 54.8 Å². The SMILES string of the molecule is CC(NC(=O)C(NC(=O)c1ccc(Cl)cc1)C(C)C)c1cccc(OC(F)F)c1. The minimum atomic E-state index is -2.93. The maximum absolute atomic E-state index is 12.8. The molecule has 0 bridgehead atoms. The molecular weight excluding hydrogens is 402 g/mol. The summed E-state index contributed by atoms with van der Waals surface area (Å²) in [5.41, 5.74) is 0.987. The number of amides is 2. The second-order valence-electron chi connectivity index (χ2n) is 6.88. The number of alkyl halides is 2. The van der Waals surface area contributed by atoms with E-state index >= 15 is 0 Å². The van der Waals surface area contributed by atoms with E-state index in [1.54, 1.807) is 43.3 Å². The number of hydrogen-bond acceptors (Lipinski definition) is 3. The molecule has 2 aromatic rings. The molecule has 2 atom stereocenters. The van der Waals surface area contributed by atoms with E-state index < -0.39 is 24.6 Å². The molecule has 0 aromatic heterocycles. The van der Waals surface area contributed by atoms with Crippen molar-refractivity contribution < 1.29 is 23.1 Å². The van der Waals surface area contributed by atoms with Crippen LogP contribution in [0.5, 0.6) is 5.75 Å². The molecule has 2 amide bonds. The molecule has 2 rings (SSSR count). The average Bonchev–Trinajstić information content (AvgIpc) is 2.65. The van der Waals surface area contributed by atoms with Crippen molar-refractivity contribution in [2.45, 2.75) is 39.5 Å². The van der Waals surface area contributed by atoms with Gasteiger partial charge in [-0.15, -0.1) is 0 Å². The van der Waals surface area contributed by atoms with Gasteiger partial charge in [0.1, 0.15) is 11.8 Å². The minimum Gasteiger partial charge on any atom is -0.435 e. The fourth-order valence-corrected chi connectivity index (χ4v) is 2.83. The number of nitrogens with one attached hydrogen (secondary N) is 2. The first-order valence-electron chi connectivity index (χ1n) is 9.09. The van der Waals surface area contributed by atoms with Gasteiger partial charge in [-0.25, -0.2) is 0 Å². The lowest BCUT2D eigenvalue weighted by atomic mass is 10.0. The highest BCUT2D eigenvalue weighted by molar-refractivity contribution is 6.30. The van der Waals surface area contributed by atoms with E-state index in [1.165, 1.54) is 12.1 Å². The Kier molecular flexibility index (Phi) is 7.96. The normalized spacial score (nSPS) is 13.1. The molecule has 0 fully saturated rings. The number of ether oxygens (including phenoxy) is 1. The molecule has 0 aliphatic carbocycles. The highest BCUT2D eigenvalue weighted by atomic mass is 35.5. The second kappa shape index (κ2) is 10.2. The lowest BCUT2D eigenvalue weighted by Crippen LogP contribution is -2.50. The molecule has 29 heavy (non-hydrogen) atoms. The van der Waals surface area contributed by atoms with E-state index in [4.69, 9.17) is 11.6 Å². The highest BCUT2D eigenvalue weighted by Crippen LogP contribution is 2.21. The van der Waals surface area contributed by atoms with Crippen LogP contribution in [0.3, 0.4) is 0 Å². The van der Waals surface area contributed by atoms with Crippen LogP contribution in [0, 0.1) is 5.92 Å². The number of halogens is 3. The first kappa shape index (κ1) is 22.6. The molecule has 2 N–H and O–H groups in total. The minimum absolute atomic E-state index is 0.00931. The Bertz CT molecular complexity index is 844. The zero-order valence-corrected chi connectivity index (χ0v) is 17.0. The molecule has 0 aliphatic rings. The van der Waals surface area contributed by atoms with E-state index in [0.717, 1.165) is 0 Å². The van der Waals surface area contributed by atoms with Crippen LogP contribution in [0.2, 0.25) is 5.02 Å². The van der Waals surface area contributed by atoms with Crippen molar-refractivity contribution in [3.63, 3.8) is 0 Å². The van der Waals surface area contributed by atoms with Crippen molar-refractivity contribution in [1.29, 1.82) is 0 Å². The van der Waals surface area contributed by atoms with Gasteiger partial charge < -0.3 is 15.4 Å². The standard InChI is InChI=1S/C21H23ClF2N2O3/c1-12(2)18(26-19(27)14-7-9-16(22)10-8-14)20(28)25-13(3)15-5-4-6-17(11-15)29-21(23)24/h4-13,18,21H,1-3H3,(H,25,28)(H,26,27). The Morgan fingerprint density at radius 1 is 1.00 bits per heavy atom. The molecule has 0 saturated heterocycles. The largest absolute Gasteiger partial charge is 0.435 e. The van der Waals surface area contributed by atoms with Crippen LogP contribution >= 0.6 is 11.6 Å². The number of carbonyl (C=O) groups excluding carboxylic acids is 2. The van der Waals surface area contributed by atoms with Gasteiger partial charge >= 0.3 is 6.61 Å². The highest BCUT2D eigenvalue weighted by Gasteiger charge is 2.26. The third-order valence-electron chi connectivity index (χ3n) is 4.28. The summed E-state index contributed by atoms with van der Waals surface area (Å²) < 4.78 is 29.2. The fraction of sp³-hybridized carbons (Fsp3) is 0.333.